The molecule has 35 heavy (non-hydrogen) atoms. The number of nitrogens with one attached hydrogen (secondary N) is 3. The summed E-state index contributed by atoms with van der Waals surface area (Å²) in [6, 6.07) is 2.50. The second-order valence-corrected chi connectivity index (χ2v) is 16.8. The van der Waals surface area contributed by atoms with Crippen LogP contribution in [0.1, 0.15) is 49.9 Å². The van der Waals surface area contributed by atoms with Crippen molar-refractivity contribution in [2.75, 3.05) is 10.6 Å². The predicted molar refractivity (Wildman–Crippen MR) is 136 cm³/mol. The van der Waals surface area contributed by atoms with Gasteiger partial charge in [-0.3, -0.25) is 9.89 Å². The standard InChI is InChI=1S/C25H32FN5O3Si/c1-14-13-34-19-15(14)8-9-17(26)18(19)27-23(33)31-12-16-20(24(31,2)3)29-30-21(16)28-22(32)25(10-7-11-25)35(4,5)6/h8-9,13H,7,10-12H2,1-6H3,(H,27,33)(H2,28,29,30,32). The van der Waals surface area contributed by atoms with Crippen molar-refractivity contribution in [1.82, 2.24) is 15.1 Å². The highest BCUT2D eigenvalue weighted by molar-refractivity contribution is 6.83. The number of nitrogens with zero attached hydrogens (tertiary/aromatic N) is 2. The van der Waals surface area contributed by atoms with Crippen LogP contribution in [0.3, 0.4) is 0 Å². The molecule has 0 spiro atoms. The SMILES string of the molecule is Cc1coc2c(NC(=O)N3Cc4c(NC(=O)C5([Si](C)(C)C)CCC5)n[nH]c4C3(C)C)c(F)ccc12. The zero-order valence-corrected chi connectivity index (χ0v) is 22.1. The topological polar surface area (TPSA) is 103 Å². The van der Waals surface area contributed by atoms with E-state index in [1.807, 2.05) is 20.8 Å². The third-order valence-electron chi connectivity index (χ3n) is 8.14. The summed E-state index contributed by atoms with van der Waals surface area (Å²) in [6.07, 6.45) is 4.42. The predicted octanol–water partition coefficient (Wildman–Crippen LogP) is 6.09. The second kappa shape index (κ2) is 7.68. The van der Waals surface area contributed by atoms with Gasteiger partial charge in [-0.2, -0.15) is 5.10 Å². The van der Waals surface area contributed by atoms with Gasteiger partial charge in [-0.05, 0) is 51.3 Å². The van der Waals surface area contributed by atoms with Crippen LogP contribution < -0.4 is 10.6 Å². The third-order valence-corrected chi connectivity index (χ3v) is 11.7. The first-order valence-corrected chi connectivity index (χ1v) is 15.5. The van der Waals surface area contributed by atoms with E-state index < -0.39 is 25.5 Å². The number of fused-ring (bicyclic) bond motifs is 2. The van der Waals surface area contributed by atoms with Gasteiger partial charge in [0.1, 0.15) is 5.69 Å². The fourth-order valence-corrected chi connectivity index (χ4v) is 8.11. The lowest BCUT2D eigenvalue weighted by molar-refractivity contribution is -0.121. The number of benzene rings is 1. The average Bonchev–Trinajstić information content (AvgIpc) is 3.36. The molecule has 0 bridgehead atoms. The van der Waals surface area contributed by atoms with Gasteiger partial charge in [-0.1, -0.05) is 26.1 Å². The highest BCUT2D eigenvalue weighted by Crippen LogP contribution is 2.56. The highest BCUT2D eigenvalue weighted by atomic mass is 28.3. The first kappa shape index (κ1) is 23.6. The van der Waals surface area contributed by atoms with Crippen molar-refractivity contribution >= 4 is 42.5 Å². The lowest BCUT2D eigenvalue weighted by Gasteiger charge is -2.48. The van der Waals surface area contributed by atoms with Crippen LogP contribution in [0.5, 0.6) is 0 Å². The summed E-state index contributed by atoms with van der Waals surface area (Å²) in [5.41, 5.74) is 1.97. The van der Waals surface area contributed by atoms with Gasteiger partial charge < -0.3 is 20.0 Å². The molecule has 5 rings (SSSR count). The minimum atomic E-state index is -1.74. The van der Waals surface area contributed by atoms with Gasteiger partial charge in [0.05, 0.1) is 32.1 Å². The van der Waals surface area contributed by atoms with E-state index in [9.17, 15) is 14.0 Å². The highest BCUT2D eigenvalue weighted by Gasteiger charge is 2.54. The Kier molecular flexibility index (Phi) is 5.17. The fraction of sp³-hybridized carbons (Fsp3) is 0.480. The van der Waals surface area contributed by atoms with Crippen molar-refractivity contribution in [3.63, 3.8) is 0 Å². The quantitative estimate of drug-likeness (QED) is 0.380. The average molecular weight is 498 g/mol. The molecule has 0 unspecified atom stereocenters. The fourth-order valence-electron chi connectivity index (χ4n) is 5.51. The van der Waals surface area contributed by atoms with Crippen LogP contribution in [-0.4, -0.2) is 35.1 Å². The molecular weight excluding hydrogens is 465 g/mol. The Bertz CT molecular complexity index is 1350. The summed E-state index contributed by atoms with van der Waals surface area (Å²) in [6.45, 7) is 12.6. The Morgan fingerprint density at radius 1 is 1.20 bits per heavy atom. The number of aryl methyl sites for hydroxylation is 1. The summed E-state index contributed by atoms with van der Waals surface area (Å²) < 4.78 is 20.2. The monoisotopic (exact) mass is 497 g/mol. The summed E-state index contributed by atoms with van der Waals surface area (Å²) in [5, 5.41) is 13.7. The molecule has 3 amide bonds. The molecule has 1 aromatic carbocycles. The van der Waals surface area contributed by atoms with Crippen LogP contribution >= 0.6 is 0 Å². The van der Waals surface area contributed by atoms with E-state index in [0.717, 1.165) is 41.5 Å². The van der Waals surface area contributed by atoms with Crippen molar-refractivity contribution in [2.45, 2.75) is 76.8 Å². The van der Waals surface area contributed by atoms with Gasteiger partial charge in [-0.15, -0.1) is 0 Å². The summed E-state index contributed by atoms with van der Waals surface area (Å²) in [7, 11) is -1.74. The smallest absolute Gasteiger partial charge is 0.323 e. The molecule has 186 valence electrons. The van der Waals surface area contributed by atoms with Gasteiger partial charge in [0, 0.05) is 16.0 Å². The van der Waals surface area contributed by atoms with Gasteiger partial charge in [0.2, 0.25) is 5.91 Å². The summed E-state index contributed by atoms with van der Waals surface area (Å²) in [4.78, 5) is 28.3. The molecule has 3 N–H and O–H groups in total. The number of amides is 3. The number of carbonyl (C=O) groups excluding carboxylic acids is 2. The molecule has 0 saturated heterocycles. The largest absolute Gasteiger partial charge is 0.462 e. The zero-order valence-electron chi connectivity index (χ0n) is 21.1. The van der Waals surface area contributed by atoms with Crippen LogP contribution in [0.25, 0.3) is 11.0 Å². The molecule has 2 aromatic heterocycles. The van der Waals surface area contributed by atoms with E-state index in [1.54, 1.807) is 17.2 Å². The van der Waals surface area contributed by atoms with Gasteiger partial charge in [0.25, 0.3) is 0 Å². The first-order chi connectivity index (χ1) is 16.4. The lowest BCUT2D eigenvalue weighted by atomic mass is 9.83. The number of anilines is 2. The molecule has 8 nitrogen and oxygen atoms in total. The number of H-pyrrole nitrogens is 1. The molecular formula is C25H32FN5O3Si. The third kappa shape index (κ3) is 3.41. The number of urea groups is 1. The number of furan rings is 1. The van der Waals surface area contributed by atoms with Crippen molar-refractivity contribution in [3.8, 4) is 0 Å². The van der Waals surface area contributed by atoms with E-state index in [-0.39, 0.29) is 23.2 Å². The Morgan fingerprint density at radius 3 is 2.54 bits per heavy atom. The maximum absolute atomic E-state index is 14.7. The Balaban J connectivity index is 1.40. The normalized spacial score (nSPS) is 18.3. The lowest BCUT2D eigenvalue weighted by Crippen LogP contribution is -2.52. The van der Waals surface area contributed by atoms with Crippen LogP contribution in [-0.2, 0) is 16.9 Å². The van der Waals surface area contributed by atoms with Crippen molar-refractivity contribution in [1.29, 1.82) is 0 Å². The van der Waals surface area contributed by atoms with E-state index in [0.29, 0.717) is 11.4 Å². The number of aromatic amines is 1. The van der Waals surface area contributed by atoms with Crippen LogP contribution in [0.2, 0.25) is 24.7 Å². The first-order valence-electron chi connectivity index (χ1n) is 12.0. The van der Waals surface area contributed by atoms with E-state index in [4.69, 9.17) is 4.42 Å². The van der Waals surface area contributed by atoms with Gasteiger partial charge in [0.15, 0.2) is 17.2 Å². The number of rotatable bonds is 4. The molecule has 0 atom stereocenters. The van der Waals surface area contributed by atoms with Crippen LogP contribution in [0.4, 0.5) is 20.7 Å². The molecule has 0 radical (unpaired) electrons. The van der Waals surface area contributed by atoms with Crippen molar-refractivity contribution in [3.05, 3.63) is 41.0 Å². The van der Waals surface area contributed by atoms with Gasteiger partial charge in [-0.25, -0.2) is 9.18 Å². The molecule has 10 heteroatoms. The Labute approximate surface area is 204 Å². The van der Waals surface area contributed by atoms with Crippen LogP contribution in [0.15, 0.2) is 22.8 Å². The molecule has 3 heterocycles. The molecule has 1 aliphatic carbocycles. The summed E-state index contributed by atoms with van der Waals surface area (Å²) >= 11 is 0. The number of halogens is 1. The van der Waals surface area contributed by atoms with Gasteiger partial charge >= 0.3 is 6.03 Å². The van der Waals surface area contributed by atoms with E-state index in [2.05, 4.69) is 40.5 Å². The zero-order chi connectivity index (χ0) is 25.3. The summed E-state index contributed by atoms with van der Waals surface area (Å²) in [5.74, 6) is -0.0739. The number of hydrogen-bond acceptors (Lipinski definition) is 4. The molecule has 2 aliphatic rings. The second-order valence-electron chi connectivity index (χ2n) is 11.4. The Hall–Kier alpha value is -3.14. The van der Waals surface area contributed by atoms with Crippen LogP contribution in [0, 0.1) is 12.7 Å². The number of aromatic nitrogens is 2. The maximum atomic E-state index is 14.7. The number of carbonyl (C=O) groups is 2. The van der Waals surface area contributed by atoms with E-state index in [1.165, 1.54) is 6.07 Å². The molecule has 1 aliphatic heterocycles. The number of hydrogen-bond donors (Lipinski definition) is 3. The molecule has 3 aromatic rings. The molecule has 1 fully saturated rings. The minimum Gasteiger partial charge on any atom is -0.462 e. The van der Waals surface area contributed by atoms with Crippen molar-refractivity contribution < 1.29 is 18.4 Å². The molecule has 1 saturated carbocycles. The van der Waals surface area contributed by atoms with E-state index >= 15 is 0 Å². The Morgan fingerprint density at radius 2 is 1.91 bits per heavy atom. The minimum absolute atomic E-state index is 0.0145. The van der Waals surface area contributed by atoms with Crippen molar-refractivity contribution in [2.24, 2.45) is 0 Å². The maximum Gasteiger partial charge on any atom is 0.323 e.